The molecule has 0 radical (unpaired) electrons. The monoisotopic (exact) mass is 383 g/mol. The van der Waals surface area contributed by atoms with Crippen molar-refractivity contribution in [1.29, 1.82) is 0 Å². The molecule has 0 atom stereocenters. The van der Waals surface area contributed by atoms with Crippen LogP contribution in [0.1, 0.15) is 23.7 Å². The van der Waals surface area contributed by atoms with E-state index in [4.69, 9.17) is 4.74 Å². The largest absolute Gasteiger partial charge is 0.494 e. The molecule has 0 unspecified atom stereocenters. The molecular formula is C19H17N3O4S. The highest BCUT2D eigenvalue weighted by Gasteiger charge is 2.20. The highest BCUT2D eigenvalue weighted by Crippen LogP contribution is 2.27. The first kappa shape index (κ1) is 18.5. The van der Waals surface area contributed by atoms with Gasteiger partial charge in [-0.3, -0.25) is 20.2 Å². The zero-order valence-electron chi connectivity index (χ0n) is 14.5. The molecule has 0 saturated carbocycles. The molecule has 1 amide bonds. The number of nitrogens with zero attached hydrogens (tertiary/aromatic N) is 2. The van der Waals surface area contributed by atoms with Gasteiger partial charge in [-0.1, -0.05) is 19.1 Å². The second kappa shape index (κ2) is 8.41. The van der Waals surface area contributed by atoms with Gasteiger partial charge in [0, 0.05) is 17.0 Å². The third-order valence-corrected chi connectivity index (χ3v) is 4.45. The van der Waals surface area contributed by atoms with Crippen LogP contribution in [0, 0.1) is 10.1 Å². The third kappa shape index (κ3) is 4.48. The van der Waals surface area contributed by atoms with E-state index in [9.17, 15) is 14.9 Å². The first-order chi connectivity index (χ1) is 13.1. The molecule has 7 nitrogen and oxygen atoms in total. The van der Waals surface area contributed by atoms with Gasteiger partial charge in [0.1, 0.15) is 11.3 Å². The number of ether oxygens (including phenoxy) is 1. The van der Waals surface area contributed by atoms with Crippen molar-refractivity contribution in [2.75, 3.05) is 11.9 Å². The maximum atomic E-state index is 12.4. The van der Waals surface area contributed by atoms with E-state index >= 15 is 0 Å². The summed E-state index contributed by atoms with van der Waals surface area (Å²) in [6.45, 7) is 2.71. The summed E-state index contributed by atoms with van der Waals surface area (Å²) in [5, 5.41) is 15.9. The minimum absolute atomic E-state index is 0.00308. The average Bonchev–Trinajstić information content (AvgIpc) is 3.15. The molecule has 0 saturated heterocycles. The Morgan fingerprint density at radius 3 is 2.67 bits per heavy atom. The first-order valence-corrected chi connectivity index (χ1v) is 9.20. The molecule has 3 rings (SSSR count). The topological polar surface area (TPSA) is 94.4 Å². The molecule has 0 spiro atoms. The van der Waals surface area contributed by atoms with Gasteiger partial charge in [-0.15, -0.1) is 11.3 Å². The minimum Gasteiger partial charge on any atom is -0.494 e. The number of hydrogen-bond acceptors (Lipinski definition) is 6. The first-order valence-electron chi connectivity index (χ1n) is 8.32. The molecule has 1 heterocycles. The standard InChI is InChI=1S/C19H17N3O4S/c1-2-11-26-14-9-7-13(8-10-14)16-12-27-19(20-16)21-18(23)15-5-3-4-6-17(15)22(24)25/h3-10,12H,2,11H2,1H3,(H,20,21,23). The lowest BCUT2D eigenvalue weighted by Crippen LogP contribution is -2.13. The lowest BCUT2D eigenvalue weighted by Gasteiger charge is -2.05. The van der Waals surface area contributed by atoms with Crippen molar-refractivity contribution < 1.29 is 14.5 Å². The van der Waals surface area contributed by atoms with Gasteiger partial charge < -0.3 is 4.74 Å². The molecule has 0 aliphatic heterocycles. The molecular weight excluding hydrogens is 366 g/mol. The molecule has 2 aromatic carbocycles. The number of nitrogens with one attached hydrogen (secondary N) is 1. The van der Waals surface area contributed by atoms with E-state index < -0.39 is 10.8 Å². The highest BCUT2D eigenvalue weighted by molar-refractivity contribution is 7.14. The number of hydrogen-bond donors (Lipinski definition) is 1. The number of benzene rings is 2. The summed E-state index contributed by atoms with van der Waals surface area (Å²) in [4.78, 5) is 27.2. The van der Waals surface area contributed by atoms with Gasteiger partial charge in [0.2, 0.25) is 0 Å². The normalized spacial score (nSPS) is 10.4. The van der Waals surface area contributed by atoms with Gasteiger partial charge in [-0.25, -0.2) is 4.98 Å². The fourth-order valence-electron chi connectivity index (χ4n) is 2.39. The molecule has 3 aromatic rings. The van der Waals surface area contributed by atoms with E-state index in [1.807, 2.05) is 36.6 Å². The molecule has 1 N–H and O–H groups in total. The number of aromatic nitrogens is 1. The molecule has 0 aliphatic carbocycles. The number of nitro groups is 1. The van der Waals surface area contributed by atoms with Gasteiger partial charge in [-0.2, -0.15) is 0 Å². The van der Waals surface area contributed by atoms with E-state index in [-0.39, 0.29) is 11.3 Å². The minimum atomic E-state index is -0.579. The number of amides is 1. The van der Waals surface area contributed by atoms with E-state index in [0.29, 0.717) is 17.4 Å². The molecule has 0 fully saturated rings. The van der Waals surface area contributed by atoms with Crippen molar-refractivity contribution in [3.8, 4) is 17.0 Å². The fraction of sp³-hybridized carbons (Fsp3) is 0.158. The Morgan fingerprint density at radius 2 is 1.96 bits per heavy atom. The summed E-state index contributed by atoms with van der Waals surface area (Å²) in [6.07, 6.45) is 0.941. The molecule has 0 bridgehead atoms. The van der Waals surface area contributed by atoms with Crippen LogP contribution in [0.5, 0.6) is 5.75 Å². The van der Waals surface area contributed by atoms with E-state index in [0.717, 1.165) is 17.7 Å². The quantitative estimate of drug-likeness (QED) is 0.469. The Labute approximate surface area is 159 Å². The van der Waals surface area contributed by atoms with Crippen molar-refractivity contribution in [2.45, 2.75) is 13.3 Å². The highest BCUT2D eigenvalue weighted by atomic mass is 32.1. The van der Waals surface area contributed by atoms with Crippen molar-refractivity contribution in [1.82, 2.24) is 4.98 Å². The Balaban J connectivity index is 1.73. The average molecular weight is 383 g/mol. The van der Waals surface area contributed by atoms with Crippen molar-refractivity contribution >= 4 is 28.1 Å². The number of carbonyl (C=O) groups is 1. The van der Waals surface area contributed by atoms with Crippen LogP contribution in [0.3, 0.4) is 0 Å². The van der Waals surface area contributed by atoms with Gasteiger partial charge >= 0.3 is 0 Å². The Hall–Kier alpha value is -3.26. The van der Waals surface area contributed by atoms with Crippen molar-refractivity contribution in [2.24, 2.45) is 0 Å². The van der Waals surface area contributed by atoms with Crippen LogP contribution in [0.2, 0.25) is 0 Å². The van der Waals surface area contributed by atoms with Gasteiger partial charge in [0.15, 0.2) is 5.13 Å². The van der Waals surface area contributed by atoms with E-state index in [2.05, 4.69) is 10.3 Å². The zero-order valence-corrected chi connectivity index (χ0v) is 15.4. The van der Waals surface area contributed by atoms with Crippen molar-refractivity contribution in [3.63, 3.8) is 0 Å². The zero-order chi connectivity index (χ0) is 19.2. The lowest BCUT2D eigenvalue weighted by atomic mass is 10.1. The number of rotatable bonds is 7. The molecule has 1 aromatic heterocycles. The summed E-state index contributed by atoms with van der Waals surface area (Å²) in [5.41, 5.74) is 1.35. The van der Waals surface area contributed by atoms with Crippen LogP contribution in [0.4, 0.5) is 10.8 Å². The smallest absolute Gasteiger partial charge is 0.282 e. The van der Waals surface area contributed by atoms with Gasteiger partial charge in [0.25, 0.3) is 11.6 Å². The summed E-state index contributed by atoms with van der Waals surface area (Å²) in [5.74, 6) is 0.229. The molecule has 8 heteroatoms. The lowest BCUT2D eigenvalue weighted by molar-refractivity contribution is -0.385. The maximum absolute atomic E-state index is 12.4. The Kier molecular flexibility index (Phi) is 5.77. The van der Waals surface area contributed by atoms with Gasteiger partial charge in [0.05, 0.1) is 17.2 Å². The fourth-order valence-corrected chi connectivity index (χ4v) is 3.11. The molecule has 27 heavy (non-hydrogen) atoms. The van der Waals surface area contributed by atoms with Crippen molar-refractivity contribution in [3.05, 3.63) is 69.6 Å². The second-order valence-corrected chi connectivity index (χ2v) is 6.50. The van der Waals surface area contributed by atoms with Crippen LogP contribution in [0.25, 0.3) is 11.3 Å². The van der Waals surface area contributed by atoms with E-state index in [1.165, 1.54) is 29.5 Å². The summed E-state index contributed by atoms with van der Waals surface area (Å²) in [6, 6.07) is 13.3. The maximum Gasteiger partial charge on any atom is 0.282 e. The summed E-state index contributed by atoms with van der Waals surface area (Å²) < 4.78 is 5.55. The predicted molar refractivity (Wildman–Crippen MR) is 104 cm³/mol. The Morgan fingerprint density at radius 1 is 1.22 bits per heavy atom. The van der Waals surface area contributed by atoms with Crippen LogP contribution in [0.15, 0.2) is 53.9 Å². The van der Waals surface area contributed by atoms with Gasteiger partial charge in [-0.05, 0) is 36.8 Å². The number of anilines is 1. The molecule has 0 aliphatic rings. The van der Waals surface area contributed by atoms with E-state index in [1.54, 1.807) is 6.07 Å². The number of nitro benzene ring substituents is 1. The SMILES string of the molecule is CCCOc1ccc(-c2csc(NC(=O)c3ccccc3[N+](=O)[O-])n2)cc1. The second-order valence-electron chi connectivity index (χ2n) is 5.64. The van der Waals surface area contributed by atoms with Crippen LogP contribution in [-0.2, 0) is 0 Å². The number of thiazole rings is 1. The predicted octanol–water partition coefficient (Wildman–Crippen LogP) is 4.76. The summed E-state index contributed by atoms with van der Waals surface area (Å²) in [7, 11) is 0. The molecule has 138 valence electrons. The number of para-hydroxylation sites is 1. The number of carbonyl (C=O) groups excluding carboxylic acids is 1. The summed E-state index contributed by atoms with van der Waals surface area (Å²) >= 11 is 1.26. The van der Waals surface area contributed by atoms with Crippen LogP contribution < -0.4 is 10.1 Å². The third-order valence-electron chi connectivity index (χ3n) is 3.69. The Bertz CT molecular complexity index is 954. The van der Waals surface area contributed by atoms with Crippen LogP contribution in [-0.4, -0.2) is 22.4 Å². The van der Waals surface area contributed by atoms with Crippen LogP contribution >= 0.6 is 11.3 Å².